The van der Waals surface area contributed by atoms with Crippen molar-refractivity contribution >= 4 is 23.5 Å². The van der Waals surface area contributed by atoms with Gasteiger partial charge in [0.25, 0.3) is 5.91 Å². The number of likely N-dealkylation sites (N-methyl/N-ethyl adjacent to an activating group) is 1. The number of hydrogen-bond acceptors (Lipinski definition) is 4. The van der Waals surface area contributed by atoms with Crippen molar-refractivity contribution in [2.24, 2.45) is 21.6 Å². The Hall–Kier alpha value is -2.37. The summed E-state index contributed by atoms with van der Waals surface area (Å²) in [7, 11) is 1.66. The van der Waals surface area contributed by atoms with Crippen molar-refractivity contribution < 1.29 is 9.59 Å². The zero-order valence-electron chi connectivity index (χ0n) is 16.4. The number of hydrogen-bond donors (Lipinski definition) is 2. The Morgan fingerprint density at radius 2 is 1.96 bits per heavy atom. The predicted octanol–water partition coefficient (Wildman–Crippen LogP) is 2.63. The molecule has 3 rings (SSSR count). The molecule has 26 heavy (non-hydrogen) atoms. The number of guanidine groups is 1. The van der Waals surface area contributed by atoms with E-state index in [0.717, 1.165) is 17.5 Å². The molecule has 1 unspecified atom stereocenters. The number of amides is 2. The van der Waals surface area contributed by atoms with E-state index >= 15 is 0 Å². The molecule has 1 spiro atoms. The van der Waals surface area contributed by atoms with E-state index in [1.807, 2.05) is 39.0 Å². The summed E-state index contributed by atoms with van der Waals surface area (Å²) < 4.78 is 0. The summed E-state index contributed by atoms with van der Waals surface area (Å²) in [5, 5.41) is 2.95. The van der Waals surface area contributed by atoms with Crippen LogP contribution in [0.4, 0.5) is 5.69 Å². The third-order valence-corrected chi connectivity index (χ3v) is 5.21. The average molecular weight is 356 g/mol. The first-order valence-electron chi connectivity index (χ1n) is 8.94. The molecule has 1 aromatic carbocycles. The molecule has 0 saturated carbocycles. The molecule has 1 atom stereocenters. The summed E-state index contributed by atoms with van der Waals surface area (Å²) in [6, 6.07) is 5.78. The van der Waals surface area contributed by atoms with Crippen LogP contribution in [-0.2, 0) is 21.5 Å². The Morgan fingerprint density at radius 3 is 2.50 bits per heavy atom. The predicted molar refractivity (Wildman–Crippen MR) is 103 cm³/mol. The van der Waals surface area contributed by atoms with Crippen LogP contribution in [0.5, 0.6) is 0 Å². The molecule has 6 heteroatoms. The zero-order valence-corrected chi connectivity index (χ0v) is 16.4. The lowest BCUT2D eigenvalue weighted by Gasteiger charge is -2.41. The smallest absolute Gasteiger partial charge is 0.261 e. The highest BCUT2D eigenvalue weighted by molar-refractivity contribution is 6.07. The van der Waals surface area contributed by atoms with Crippen LogP contribution in [-0.4, -0.2) is 29.7 Å². The third-order valence-electron chi connectivity index (χ3n) is 5.21. The van der Waals surface area contributed by atoms with E-state index in [-0.39, 0.29) is 23.2 Å². The van der Waals surface area contributed by atoms with Gasteiger partial charge in [0.15, 0.2) is 11.5 Å². The molecule has 0 radical (unpaired) electrons. The van der Waals surface area contributed by atoms with Gasteiger partial charge < -0.3 is 11.1 Å². The number of anilines is 1. The van der Waals surface area contributed by atoms with E-state index in [9.17, 15) is 9.59 Å². The third kappa shape index (κ3) is 2.87. The van der Waals surface area contributed by atoms with Crippen molar-refractivity contribution in [2.45, 2.75) is 53.0 Å². The van der Waals surface area contributed by atoms with Crippen LogP contribution in [0, 0.1) is 10.8 Å². The van der Waals surface area contributed by atoms with Crippen molar-refractivity contribution in [3.63, 3.8) is 0 Å². The Balaban J connectivity index is 2.10. The molecule has 1 aliphatic carbocycles. The Morgan fingerprint density at radius 1 is 1.31 bits per heavy atom. The van der Waals surface area contributed by atoms with Crippen LogP contribution >= 0.6 is 0 Å². The van der Waals surface area contributed by atoms with E-state index in [0.29, 0.717) is 12.1 Å². The van der Waals surface area contributed by atoms with Crippen LogP contribution in [0.3, 0.4) is 0 Å². The summed E-state index contributed by atoms with van der Waals surface area (Å²) in [4.78, 5) is 31.5. The summed E-state index contributed by atoms with van der Waals surface area (Å²) >= 11 is 0. The molecular weight excluding hydrogens is 328 g/mol. The number of nitrogens with two attached hydrogens (primary N) is 1. The molecule has 1 aliphatic heterocycles. The van der Waals surface area contributed by atoms with Crippen molar-refractivity contribution in [3.8, 4) is 0 Å². The Labute approximate surface area is 154 Å². The van der Waals surface area contributed by atoms with Crippen molar-refractivity contribution in [1.29, 1.82) is 0 Å². The standard InChI is InChI=1S/C20H28N4O2/c1-18(2,3)15(25)22-13-8-7-12-10-19(4,5)11-20(14(12)9-13)16(26)24(6)17(21)23-20/h7-9H,10-11H2,1-6H3,(H2,21,23)(H,22,25). The van der Waals surface area contributed by atoms with Crippen LogP contribution in [0.25, 0.3) is 0 Å². The van der Waals surface area contributed by atoms with Gasteiger partial charge in [-0.25, -0.2) is 4.99 Å². The number of nitrogens with zero attached hydrogens (tertiary/aromatic N) is 2. The van der Waals surface area contributed by atoms with Gasteiger partial charge in [-0.1, -0.05) is 40.7 Å². The second kappa shape index (κ2) is 5.56. The lowest BCUT2D eigenvalue weighted by atomic mass is 9.65. The zero-order chi connectivity index (χ0) is 19.5. The fraction of sp³-hybridized carbons (Fsp3) is 0.550. The Bertz CT molecular complexity index is 820. The topological polar surface area (TPSA) is 87.8 Å². The van der Waals surface area contributed by atoms with E-state index in [1.165, 1.54) is 4.90 Å². The second-order valence-electron chi connectivity index (χ2n) is 9.29. The Kier molecular flexibility index (Phi) is 3.94. The molecule has 140 valence electrons. The molecule has 0 bridgehead atoms. The summed E-state index contributed by atoms with van der Waals surface area (Å²) in [6.45, 7) is 9.89. The van der Waals surface area contributed by atoms with Gasteiger partial charge in [0.2, 0.25) is 5.91 Å². The van der Waals surface area contributed by atoms with Crippen molar-refractivity contribution in [3.05, 3.63) is 29.3 Å². The van der Waals surface area contributed by atoms with Crippen molar-refractivity contribution in [1.82, 2.24) is 4.90 Å². The highest BCUT2D eigenvalue weighted by Gasteiger charge is 2.54. The van der Waals surface area contributed by atoms with Crippen LogP contribution in [0.15, 0.2) is 23.2 Å². The van der Waals surface area contributed by atoms with Gasteiger partial charge in [-0.05, 0) is 41.5 Å². The fourth-order valence-corrected chi connectivity index (χ4v) is 3.87. The minimum Gasteiger partial charge on any atom is -0.369 e. The highest BCUT2D eigenvalue weighted by Crippen LogP contribution is 2.50. The molecular formula is C20H28N4O2. The lowest BCUT2D eigenvalue weighted by molar-refractivity contribution is -0.132. The van der Waals surface area contributed by atoms with E-state index in [1.54, 1.807) is 7.05 Å². The maximum absolute atomic E-state index is 13.1. The van der Waals surface area contributed by atoms with Crippen LogP contribution in [0.1, 0.15) is 52.2 Å². The summed E-state index contributed by atoms with van der Waals surface area (Å²) in [6.07, 6.45) is 1.44. The fourth-order valence-electron chi connectivity index (χ4n) is 3.87. The second-order valence-corrected chi connectivity index (χ2v) is 9.29. The van der Waals surface area contributed by atoms with Gasteiger partial charge in [0.05, 0.1) is 0 Å². The molecule has 1 heterocycles. The van der Waals surface area contributed by atoms with E-state index in [4.69, 9.17) is 5.73 Å². The van der Waals surface area contributed by atoms with Gasteiger partial charge in [0, 0.05) is 18.2 Å². The normalized spacial score (nSPS) is 24.5. The maximum atomic E-state index is 13.1. The molecule has 2 amide bonds. The van der Waals surface area contributed by atoms with E-state index in [2.05, 4.69) is 24.2 Å². The van der Waals surface area contributed by atoms with Crippen LogP contribution in [0.2, 0.25) is 0 Å². The molecule has 0 fully saturated rings. The van der Waals surface area contributed by atoms with Crippen molar-refractivity contribution in [2.75, 3.05) is 12.4 Å². The molecule has 6 nitrogen and oxygen atoms in total. The van der Waals surface area contributed by atoms with Gasteiger partial charge in [-0.15, -0.1) is 0 Å². The number of benzene rings is 1. The number of carbonyl (C=O) groups excluding carboxylic acids is 2. The maximum Gasteiger partial charge on any atom is 0.261 e. The number of fused-ring (bicyclic) bond motifs is 2. The summed E-state index contributed by atoms with van der Waals surface area (Å²) in [5.74, 6) is 0.0617. The van der Waals surface area contributed by atoms with Gasteiger partial charge >= 0.3 is 0 Å². The largest absolute Gasteiger partial charge is 0.369 e. The first kappa shape index (κ1) is 18.4. The SMILES string of the molecule is CN1C(=O)C2(CC(C)(C)Cc3ccc(NC(=O)C(C)(C)C)cc32)N=C1N. The average Bonchev–Trinajstić information content (AvgIpc) is 2.71. The first-order chi connectivity index (χ1) is 11.9. The van der Waals surface area contributed by atoms with Gasteiger partial charge in [-0.2, -0.15) is 0 Å². The number of rotatable bonds is 1. The van der Waals surface area contributed by atoms with Crippen LogP contribution < -0.4 is 11.1 Å². The number of carbonyl (C=O) groups is 2. The molecule has 0 aromatic heterocycles. The monoisotopic (exact) mass is 356 g/mol. The minimum absolute atomic E-state index is 0.0690. The quantitative estimate of drug-likeness (QED) is 0.811. The minimum atomic E-state index is -1.00. The number of aliphatic imine (C=N–C) groups is 1. The highest BCUT2D eigenvalue weighted by atomic mass is 16.2. The molecule has 0 saturated heterocycles. The van der Waals surface area contributed by atoms with E-state index < -0.39 is 11.0 Å². The molecule has 1 aromatic rings. The molecule has 2 aliphatic rings. The van der Waals surface area contributed by atoms with Gasteiger partial charge in [-0.3, -0.25) is 14.5 Å². The number of nitrogens with one attached hydrogen (secondary N) is 1. The van der Waals surface area contributed by atoms with Gasteiger partial charge in [0.1, 0.15) is 0 Å². The molecule has 3 N–H and O–H groups in total. The lowest BCUT2D eigenvalue weighted by Crippen LogP contribution is -2.46. The first-order valence-corrected chi connectivity index (χ1v) is 8.94. The summed E-state index contributed by atoms with van der Waals surface area (Å²) in [5.41, 5.74) is 7.01.